The van der Waals surface area contributed by atoms with E-state index in [-0.39, 0.29) is 12.0 Å². The maximum Gasteiger partial charge on any atom is 0.244 e. The molecule has 0 radical (unpaired) electrons. The van der Waals surface area contributed by atoms with Gasteiger partial charge in [-0.25, -0.2) is 0 Å². The second-order valence-corrected chi connectivity index (χ2v) is 4.87. The summed E-state index contributed by atoms with van der Waals surface area (Å²) >= 11 is 0. The minimum Gasteiger partial charge on any atom is -0.491 e. The van der Waals surface area contributed by atoms with Crippen molar-refractivity contribution in [3.8, 4) is 5.75 Å². The van der Waals surface area contributed by atoms with Gasteiger partial charge in [0.25, 0.3) is 0 Å². The van der Waals surface area contributed by atoms with Gasteiger partial charge in [0, 0.05) is 6.08 Å². The van der Waals surface area contributed by atoms with Crippen molar-refractivity contribution in [2.75, 3.05) is 0 Å². The Kier molecular flexibility index (Phi) is 5.21. The molecule has 2 rings (SSSR count). The number of carbonyl (C=O) groups excluding carboxylic acids is 1. The van der Waals surface area contributed by atoms with Crippen molar-refractivity contribution in [2.45, 2.75) is 26.5 Å². The number of benzene rings is 1. The third-order valence-electron chi connectivity index (χ3n) is 2.70. The summed E-state index contributed by atoms with van der Waals surface area (Å²) in [5, 5.41) is 2.75. The highest BCUT2D eigenvalue weighted by atomic mass is 16.5. The first kappa shape index (κ1) is 14.9. The minimum absolute atomic E-state index is 0.152. The van der Waals surface area contributed by atoms with Gasteiger partial charge in [-0.1, -0.05) is 12.1 Å². The number of amides is 1. The molecule has 0 atom stereocenters. The third kappa shape index (κ3) is 5.18. The zero-order valence-electron chi connectivity index (χ0n) is 12.2. The van der Waals surface area contributed by atoms with Crippen LogP contribution >= 0.6 is 0 Å². The Balaban J connectivity index is 1.83. The molecule has 4 nitrogen and oxygen atoms in total. The highest BCUT2D eigenvalue weighted by Crippen LogP contribution is 2.14. The Morgan fingerprint density at radius 2 is 2.05 bits per heavy atom. The number of ether oxygens (including phenoxy) is 1. The van der Waals surface area contributed by atoms with Crippen molar-refractivity contribution in [3.63, 3.8) is 0 Å². The molecule has 1 N–H and O–H groups in total. The summed E-state index contributed by atoms with van der Waals surface area (Å²) in [5.74, 6) is 1.39. The Morgan fingerprint density at radius 1 is 1.29 bits per heavy atom. The zero-order chi connectivity index (χ0) is 15.1. The van der Waals surface area contributed by atoms with Crippen molar-refractivity contribution in [3.05, 3.63) is 60.1 Å². The van der Waals surface area contributed by atoms with Gasteiger partial charge in [-0.15, -0.1) is 0 Å². The maximum atomic E-state index is 11.7. The molecule has 2 aromatic rings. The number of hydrogen-bond donors (Lipinski definition) is 1. The fraction of sp³-hybridized carbons (Fsp3) is 0.235. The molecule has 0 saturated carbocycles. The molecule has 0 aliphatic carbocycles. The summed E-state index contributed by atoms with van der Waals surface area (Å²) in [6, 6.07) is 11.2. The van der Waals surface area contributed by atoms with Gasteiger partial charge in [-0.3, -0.25) is 4.79 Å². The standard InChI is InChI=1S/C17H19NO3/c1-13(2)21-15-8-5-14(6-9-15)7-10-17(19)18-12-16-4-3-11-20-16/h3-11,13H,12H2,1-2H3,(H,18,19)/b10-7+. The van der Waals surface area contributed by atoms with Crippen molar-refractivity contribution < 1.29 is 13.9 Å². The van der Waals surface area contributed by atoms with E-state index in [1.54, 1.807) is 18.4 Å². The van der Waals surface area contributed by atoms with Gasteiger partial charge in [0.15, 0.2) is 0 Å². The Labute approximate surface area is 124 Å². The number of rotatable bonds is 6. The van der Waals surface area contributed by atoms with E-state index >= 15 is 0 Å². The fourth-order valence-electron chi connectivity index (χ4n) is 1.75. The van der Waals surface area contributed by atoms with Gasteiger partial charge in [0.2, 0.25) is 5.91 Å². The third-order valence-corrected chi connectivity index (χ3v) is 2.70. The smallest absolute Gasteiger partial charge is 0.244 e. The molecule has 0 saturated heterocycles. The van der Waals surface area contributed by atoms with Gasteiger partial charge >= 0.3 is 0 Å². The topological polar surface area (TPSA) is 51.5 Å². The summed E-state index contributed by atoms with van der Waals surface area (Å²) in [6.45, 7) is 4.35. The van der Waals surface area contributed by atoms with E-state index < -0.39 is 0 Å². The van der Waals surface area contributed by atoms with Crippen molar-refractivity contribution >= 4 is 12.0 Å². The molecular weight excluding hydrogens is 266 g/mol. The van der Waals surface area contributed by atoms with Gasteiger partial charge in [0.05, 0.1) is 18.9 Å². The van der Waals surface area contributed by atoms with Gasteiger partial charge < -0.3 is 14.5 Å². The maximum absolute atomic E-state index is 11.7. The second-order valence-electron chi connectivity index (χ2n) is 4.87. The zero-order valence-corrected chi connectivity index (χ0v) is 12.2. The molecule has 1 heterocycles. The van der Waals surface area contributed by atoms with Crippen molar-refractivity contribution in [1.82, 2.24) is 5.32 Å². The first-order valence-electron chi connectivity index (χ1n) is 6.88. The van der Waals surface area contributed by atoms with Crippen LogP contribution in [0.3, 0.4) is 0 Å². The SMILES string of the molecule is CC(C)Oc1ccc(/C=C/C(=O)NCc2ccco2)cc1. The lowest BCUT2D eigenvalue weighted by Gasteiger charge is -2.09. The van der Waals surface area contributed by atoms with Gasteiger partial charge in [-0.2, -0.15) is 0 Å². The average molecular weight is 285 g/mol. The number of furan rings is 1. The molecular formula is C17H19NO3. The molecule has 4 heteroatoms. The van der Waals surface area contributed by atoms with Crippen LogP contribution in [0.15, 0.2) is 53.2 Å². The Morgan fingerprint density at radius 3 is 2.67 bits per heavy atom. The van der Waals surface area contributed by atoms with Gasteiger partial charge in [0.1, 0.15) is 11.5 Å². The number of hydrogen-bond acceptors (Lipinski definition) is 3. The van der Waals surface area contributed by atoms with E-state index in [4.69, 9.17) is 9.15 Å². The predicted octanol–water partition coefficient (Wildman–Crippen LogP) is 3.40. The van der Waals surface area contributed by atoms with Crippen LogP contribution in [0.5, 0.6) is 5.75 Å². The van der Waals surface area contributed by atoms with Crippen molar-refractivity contribution in [1.29, 1.82) is 0 Å². The van der Waals surface area contributed by atoms with Crippen LogP contribution in [0.2, 0.25) is 0 Å². The summed E-state index contributed by atoms with van der Waals surface area (Å²) in [5.41, 5.74) is 0.944. The molecule has 0 unspecified atom stereocenters. The predicted molar refractivity (Wildman–Crippen MR) is 81.8 cm³/mol. The van der Waals surface area contributed by atoms with E-state index in [0.717, 1.165) is 17.1 Å². The molecule has 0 aliphatic rings. The van der Waals surface area contributed by atoms with E-state index in [2.05, 4.69) is 5.32 Å². The summed E-state index contributed by atoms with van der Waals surface area (Å²) in [4.78, 5) is 11.7. The lowest BCUT2D eigenvalue weighted by molar-refractivity contribution is -0.116. The van der Waals surface area contributed by atoms with Crippen LogP contribution in [-0.2, 0) is 11.3 Å². The monoisotopic (exact) mass is 285 g/mol. The number of nitrogens with one attached hydrogen (secondary N) is 1. The number of carbonyl (C=O) groups is 1. The Hall–Kier alpha value is -2.49. The molecule has 1 aromatic carbocycles. The summed E-state index contributed by atoms with van der Waals surface area (Å²) < 4.78 is 10.7. The first-order chi connectivity index (χ1) is 10.1. The molecule has 0 bridgehead atoms. The van der Waals surface area contributed by atoms with E-state index in [1.807, 2.05) is 44.2 Å². The van der Waals surface area contributed by atoms with Crippen LogP contribution < -0.4 is 10.1 Å². The van der Waals surface area contributed by atoms with Gasteiger partial charge in [-0.05, 0) is 49.8 Å². The van der Waals surface area contributed by atoms with E-state index in [9.17, 15) is 4.79 Å². The van der Waals surface area contributed by atoms with Crippen LogP contribution in [0.25, 0.3) is 6.08 Å². The quantitative estimate of drug-likeness (QED) is 0.828. The second kappa shape index (κ2) is 7.33. The van der Waals surface area contributed by atoms with E-state index in [1.165, 1.54) is 6.08 Å². The van der Waals surface area contributed by atoms with E-state index in [0.29, 0.717) is 6.54 Å². The molecule has 1 amide bonds. The molecule has 1 aromatic heterocycles. The molecule has 0 aliphatic heterocycles. The highest BCUT2D eigenvalue weighted by molar-refractivity contribution is 5.91. The molecule has 0 fully saturated rings. The Bertz CT molecular complexity index is 583. The molecule has 0 spiro atoms. The summed E-state index contributed by atoms with van der Waals surface area (Å²) in [6.07, 6.45) is 4.99. The molecule has 21 heavy (non-hydrogen) atoms. The first-order valence-corrected chi connectivity index (χ1v) is 6.88. The van der Waals surface area contributed by atoms with Crippen LogP contribution in [0.1, 0.15) is 25.2 Å². The average Bonchev–Trinajstić information content (AvgIpc) is 2.97. The highest BCUT2D eigenvalue weighted by Gasteiger charge is 1.99. The summed E-state index contributed by atoms with van der Waals surface area (Å²) in [7, 11) is 0. The van der Waals surface area contributed by atoms with Crippen LogP contribution in [-0.4, -0.2) is 12.0 Å². The lowest BCUT2D eigenvalue weighted by atomic mass is 10.2. The molecule has 110 valence electrons. The largest absolute Gasteiger partial charge is 0.491 e. The lowest BCUT2D eigenvalue weighted by Crippen LogP contribution is -2.19. The normalized spacial score (nSPS) is 11.0. The van der Waals surface area contributed by atoms with Crippen molar-refractivity contribution in [2.24, 2.45) is 0 Å². The fourth-order valence-corrected chi connectivity index (χ4v) is 1.75. The minimum atomic E-state index is -0.158. The van der Waals surface area contributed by atoms with Crippen LogP contribution in [0.4, 0.5) is 0 Å². The van der Waals surface area contributed by atoms with Crippen LogP contribution in [0, 0.1) is 0 Å².